The van der Waals surface area contributed by atoms with Crippen LogP contribution in [-0.4, -0.2) is 53.0 Å². The van der Waals surface area contributed by atoms with E-state index >= 15 is 0 Å². The monoisotopic (exact) mass is 301 g/mol. The molecule has 0 fully saturated rings. The van der Waals surface area contributed by atoms with E-state index in [0.29, 0.717) is 16.3 Å². The van der Waals surface area contributed by atoms with Gasteiger partial charge in [0, 0.05) is 12.2 Å². The van der Waals surface area contributed by atoms with Gasteiger partial charge in [0.15, 0.2) is 0 Å². The van der Waals surface area contributed by atoms with E-state index in [-0.39, 0.29) is 13.2 Å². The second-order valence-corrected chi connectivity index (χ2v) is 4.55. The van der Waals surface area contributed by atoms with Gasteiger partial charge >= 0.3 is 11.7 Å². The molecule has 0 bridgehead atoms. The number of carbonyl (C=O) groups is 2. The van der Waals surface area contributed by atoms with Gasteiger partial charge in [-0.15, -0.1) is 11.8 Å². The van der Waals surface area contributed by atoms with Gasteiger partial charge in [-0.25, -0.2) is 9.59 Å². The molecule has 1 aromatic rings. The standard InChI is InChI=1S/C11H15N3O5S/c1-6-8(10(20-2)14-11(18)13-6)9(17)12-3-4-19-5-7(15)16/h3-5H2,1-2H3,(H,12,17)(H,15,16)(H,13,14,18). The van der Waals surface area contributed by atoms with Crippen molar-refractivity contribution in [2.45, 2.75) is 11.9 Å². The molecule has 0 spiro atoms. The first-order chi connectivity index (χ1) is 9.45. The SMILES string of the molecule is CSc1nc(=O)[nH]c(C)c1C(=O)NCCOCC(=O)O. The fourth-order valence-electron chi connectivity index (χ4n) is 1.46. The molecule has 1 heterocycles. The molecule has 0 radical (unpaired) electrons. The molecule has 3 N–H and O–H groups in total. The Kier molecular flexibility index (Phi) is 6.19. The summed E-state index contributed by atoms with van der Waals surface area (Å²) in [4.78, 5) is 39.6. The molecule has 1 aromatic heterocycles. The smallest absolute Gasteiger partial charge is 0.346 e. The predicted molar refractivity (Wildman–Crippen MR) is 72.2 cm³/mol. The van der Waals surface area contributed by atoms with Crippen molar-refractivity contribution in [1.29, 1.82) is 0 Å². The van der Waals surface area contributed by atoms with Crippen molar-refractivity contribution in [2.75, 3.05) is 26.0 Å². The lowest BCUT2D eigenvalue weighted by molar-refractivity contribution is -0.142. The second kappa shape index (κ2) is 7.65. The number of aromatic nitrogens is 2. The summed E-state index contributed by atoms with van der Waals surface area (Å²) in [7, 11) is 0. The number of carboxylic acids is 1. The molecule has 0 saturated heterocycles. The third-order valence-electron chi connectivity index (χ3n) is 2.26. The van der Waals surface area contributed by atoms with Gasteiger partial charge in [0.05, 0.1) is 12.2 Å². The van der Waals surface area contributed by atoms with Gasteiger partial charge in [-0.3, -0.25) is 4.79 Å². The minimum absolute atomic E-state index is 0.0858. The zero-order chi connectivity index (χ0) is 15.1. The van der Waals surface area contributed by atoms with Crippen molar-refractivity contribution >= 4 is 23.6 Å². The van der Waals surface area contributed by atoms with Crippen LogP contribution in [0.5, 0.6) is 0 Å². The van der Waals surface area contributed by atoms with E-state index in [1.54, 1.807) is 13.2 Å². The van der Waals surface area contributed by atoms with Gasteiger partial charge in [0.2, 0.25) is 0 Å². The van der Waals surface area contributed by atoms with E-state index in [1.807, 2.05) is 0 Å². The van der Waals surface area contributed by atoms with Gasteiger partial charge < -0.3 is 20.1 Å². The van der Waals surface area contributed by atoms with Crippen LogP contribution in [0.1, 0.15) is 16.1 Å². The molecule has 110 valence electrons. The number of carboxylic acid groups (broad SMARTS) is 1. The zero-order valence-electron chi connectivity index (χ0n) is 11.1. The number of rotatable bonds is 7. The largest absolute Gasteiger partial charge is 0.480 e. The molecule has 9 heteroatoms. The first kappa shape index (κ1) is 16.2. The molecule has 1 rings (SSSR count). The molecule has 0 aliphatic rings. The van der Waals surface area contributed by atoms with Gasteiger partial charge in [-0.1, -0.05) is 0 Å². The number of aromatic amines is 1. The Hall–Kier alpha value is -1.87. The van der Waals surface area contributed by atoms with E-state index in [1.165, 1.54) is 11.8 Å². The Morgan fingerprint density at radius 1 is 1.50 bits per heavy atom. The lowest BCUT2D eigenvalue weighted by Gasteiger charge is -2.10. The Labute approximate surface area is 118 Å². The van der Waals surface area contributed by atoms with Crippen LogP contribution in [0.4, 0.5) is 0 Å². The number of thioether (sulfide) groups is 1. The number of aryl methyl sites for hydroxylation is 1. The highest BCUT2D eigenvalue weighted by molar-refractivity contribution is 7.98. The van der Waals surface area contributed by atoms with Crippen molar-refractivity contribution in [3.8, 4) is 0 Å². The molecule has 0 atom stereocenters. The maximum Gasteiger partial charge on any atom is 0.346 e. The number of amides is 1. The summed E-state index contributed by atoms with van der Waals surface area (Å²) in [5.74, 6) is -1.46. The van der Waals surface area contributed by atoms with E-state index < -0.39 is 24.2 Å². The minimum atomic E-state index is -1.07. The van der Waals surface area contributed by atoms with Crippen LogP contribution in [0.2, 0.25) is 0 Å². The van der Waals surface area contributed by atoms with Gasteiger partial charge in [-0.2, -0.15) is 4.98 Å². The number of nitrogens with zero attached hydrogens (tertiary/aromatic N) is 1. The summed E-state index contributed by atoms with van der Waals surface area (Å²) in [5.41, 5.74) is 0.224. The summed E-state index contributed by atoms with van der Waals surface area (Å²) in [5, 5.41) is 11.3. The van der Waals surface area contributed by atoms with E-state index in [9.17, 15) is 14.4 Å². The van der Waals surface area contributed by atoms with Crippen molar-refractivity contribution in [3.05, 3.63) is 21.7 Å². The molecular weight excluding hydrogens is 286 g/mol. The summed E-state index contributed by atoms with van der Waals surface area (Å²) in [6, 6.07) is 0. The van der Waals surface area contributed by atoms with Crippen LogP contribution < -0.4 is 11.0 Å². The van der Waals surface area contributed by atoms with Crippen LogP contribution in [0.25, 0.3) is 0 Å². The molecule has 0 aliphatic carbocycles. The quantitative estimate of drug-likeness (QED) is 0.357. The molecule has 0 aliphatic heterocycles. The molecular formula is C11H15N3O5S. The van der Waals surface area contributed by atoms with Crippen LogP contribution in [0.3, 0.4) is 0 Å². The summed E-state index contributed by atoms with van der Waals surface area (Å²) in [6.07, 6.45) is 1.72. The maximum absolute atomic E-state index is 12.0. The molecule has 0 saturated carbocycles. The highest BCUT2D eigenvalue weighted by Gasteiger charge is 2.16. The Balaban J connectivity index is 2.64. The highest BCUT2D eigenvalue weighted by Crippen LogP contribution is 2.17. The van der Waals surface area contributed by atoms with Crippen molar-refractivity contribution < 1.29 is 19.4 Å². The van der Waals surface area contributed by atoms with E-state index in [0.717, 1.165) is 0 Å². The average Bonchev–Trinajstić information content (AvgIpc) is 2.36. The number of hydrogen-bond donors (Lipinski definition) is 3. The van der Waals surface area contributed by atoms with Gasteiger partial charge in [-0.05, 0) is 13.2 Å². The third-order valence-corrected chi connectivity index (χ3v) is 2.95. The second-order valence-electron chi connectivity index (χ2n) is 3.75. The number of aliphatic carboxylic acids is 1. The van der Waals surface area contributed by atoms with Crippen LogP contribution in [-0.2, 0) is 9.53 Å². The summed E-state index contributed by atoms with van der Waals surface area (Å²) >= 11 is 1.20. The molecule has 1 amide bonds. The highest BCUT2D eigenvalue weighted by atomic mass is 32.2. The van der Waals surface area contributed by atoms with Gasteiger partial charge in [0.25, 0.3) is 5.91 Å². The Morgan fingerprint density at radius 2 is 2.20 bits per heavy atom. The molecule has 20 heavy (non-hydrogen) atoms. The van der Waals surface area contributed by atoms with E-state index in [4.69, 9.17) is 9.84 Å². The predicted octanol–water partition coefficient (Wildman–Crippen LogP) is -0.369. The number of H-pyrrole nitrogens is 1. The normalized spacial score (nSPS) is 10.3. The summed E-state index contributed by atoms with van der Waals surface area (Å²) in [6.45, 7) is 1.45. The number of nitrogens with one attached hydrogen (secondary N) is 2. The van der Waals surface area contributed by atoms with Crippen molar-refractivity contribution in [3.63, 3.8) is 0 Å². The van der Waals surface area contributed by atoms with Crippen LogP contribution in [0, 0.1) is 6.92 Å². The third kappa shape index (κ3) is 4.67. The minimum Gasteiger partial charge on any atom is -0.480 e. The fraction of sp³-hybridized carbons (Fsp3) is 0.455. The molecule has 8 nitrogen and oxygen atoms in total. The van der Waals surface area contributed by atoms with Crippen LogP contribution in [0.15, 0.2) is 9.82 Å². The lowest BCUT2D eigenvalue weighted by atomic mass is 10.2. The number of ether oxygens (including phenoxy) is 1. The fourth-order valence-corrected chi connectivity index (χ4v) is 2.08. The Morgan fingerprint density at radius 3 is 2.80 bits per heavy atom. The van der Waals surface area contributed by atoms with Gasteiger partial charge in [0.1, 0.15) is 11.6 Å². The summed E-state index contributed by atoms with van der Waals surface area (Å²) < 4.78 is 4.79. The molecule has 0 aromatic carbocycles. The first-order valence-corrected chi connectivity index (χ1v) is 6.90. The average molecular weight is 301 g/mol. The maximum atomic E-state index is 12.0. The van der Waals surface area contributed by atoms with Crippen molar-refractivity contribution in [1.82, 2.24) is 15.3 Å². The number of hydrogen-bond acceptors (Lipinski definition) is 6. The Bertz CT molecular complexity index is 557. The topological polar surface area (TPSA) is 121 Å². The zero-order valence-corrected chi connectivity index (χ0v) is 11.9. The van der Waals surface area contributed by atoms with Crippen molar-refractivity contribution in [2.24, 2.45) is 0 Å². The first-order valence-electron chi connectivity index (χ1n) is 5.68. The van der Waals surface area contributed by atoms with E-state index in [2.05, 4.69) is 15.3 Å². The molecule has 0 unspecified atom stereocenters. The lowest BCUT2D eigenvalue weighted by Crippen LogP contribution is -2.30. The van der Waals surface area contributed by atoms with Crippen LogP contribution >= 0.6 is 11.8 Å². The number of carbonyl (C=O) groups excluding carboxylic acids is 1.